The molecule has 1 fully saturated rings. The van der Waals surface area contributed by atoms with Crippen LogP contribution >= 0.6 is 12.2 Å². The van der Waals surface area contributed by atoms with Crippen LogP contribution in [0.3, 0.4) is 0 Å². The molecular formula is C22H31N5O2S2. The average molecular weight is 462 g/mol. The summed E-state index contributed by atoms with van der Waals surface area (Å²) in [5.74, 6) is 0.800. The summed E-state index contributed by atoms with van der Waals surface area (Å²) in [6.07, 6.45) is 8.81. The van der Waals surface area contributed by atoms with Crippen molar-refractivity contribution < 1.29 is 8.42 Å². The van der Waals surface area contributed by atoms with Crippen molar-refractivity contribution in [1.82, 2.24) is 15.3 Å². The highest BCUT2D eigenvalue weighted by molar-refractivity contribution is 7.92. The van der Waals surface area contributed by atoms with Crippen LogP contribution in [0.25, 0.3) is 0 Å². The van der Waals surface area contributed by atoms with Crippen molar-refractivity contribution >= 4 is 39.0 Å². The Labute approximate surface area is 190 Å². The van der Waals surface area contributed by atoms with Gasteiger partial charge in [-0.05, 0) is 79.6 Å². The van der Waals surface area contributed by atoms with Gasteiger partial charge in [-0.2, -0.15) is 0 Å². The van der Waals surface area contributed by atoms with E-state index in [0.717, 1.165) is 24.4 Å². The lowest BCUT2D eigenvalue weighted by molar-refractivity contribution is 0.141. The molecule has 0 aliphatic heterocycles. The summed E-state index contributed by atoms with van der Waals surface area (Å²) in [4.78, 5) is 7.90. The van der Waals surface area contributed by atoms with Gasteiger partial charge in [0.2, 0.25) is 5.95 Å². The fourth-order valence-electron chi connectivity index (χ4n) is 3.91. The lowest BCUT2D eigenvalue weighted by atomic mass is 9.69. The van der Waals surface area contributed by atoms with Gasteiger partial charge in [-0.3, -0.25) is 0 Å². The molecule has 3 rings (SSSR count). The Bertz CT molecular complexity index is 971. The third-order valence-electron chi connectivity index (χ3n) is 6.29. The summed E-state index contributed by atoms with van der Waals surface area (Å²) in [7, 11) is -3.75. The normalized spacial score (nSPS) is 19.5. The van der Waals surface area contributed by atoms with Crippen molar-refractivity contribution in [3.63, 3.8) is 0 Å². The molecule has 0 amide bonds. The van der Waals surface area contributed by atoms with Gasteiger partial charge in [0.25, 0.3) is 10.0 Å². The number of nitrogens with zero attached hydrogens (tertiary/aromatic N) is 2. The van der Waals surface area contributed by atoms with Gasteiger partial charge in [-0.1, -0.05) is 27.2 Å². The number of hydrogen-bond donors (Lipinski definition) is 3. The van der Waals surface area contributed by atoms with Crippen molar-refractivity contribution in [2.45, 2.75) is 63.8 Å². The first kappa shape index (κ1) is 23.4. The molecule has 0 spiro atoms. The third kappa shape index (κ3) is 6.36. The first-order valence-electron chi connectivity index (χ1n) is 10.7. The van der Waals surface area contributed by atoms with Crippen molar-refractivity contribution in [2.75, 3.05) is 10.0 Å². The molecule has 0 unspecified atom stereocenters. The Balaban J connectivity index is 1.51. The van der Waals surface area contributed by atoms with Gasteiger partial charge in [0.05, 0.1) is 4.90 Å². The molecule has 0 saturated heterocycles. The number of thiocarbonyl (C=S) groups is 1. The second kappa shape index (κ2) is 9.91. The zero-order chi connectivity index (χ0) is 22.5. The quantitative estimate of drug-likeness (QED) is 0.520. The van der Waals surface area contributed by atoms with E-state index in [-0.39, 0.29) is 10.8 Å². The van der Waals surface area contributed by atoms with Gasteiger partial charge in [0.1, 0.15) is 0 Å². The minimum atomic E-state index is -3.75. The minimum absolute atomic E-state index is 0.0344. The van der Waals surface area contributed by atoms with Crippen LogP contribution in [-0.2, 0) is 10.0 Å². The van der Waals surface area contributed by atoms with E-state index in [2.05, 4.69) is 46.1 Å². The Morgan fingerprint density at radius 1 is 1.10 bits per heavy atom. The topological polar surface area (TPSA) is 96.0 Å². The summed E-state index contributed by atoms with van der Waals surface area (Å²) in [6, 6.07) is 8.41. The maximum atomic E-state index is 12.5. The second-order valence-corrected chi connectivity index (χ2v) is 10.8. The number of nitrogens with one attached hydrogen (secondary N) is 3. The first-order chi connectivity index (χ1) is 14.7. The first-order valence-corrected chi connectivity index (χ1v) is 12.6. The summed E-state index contributed by atoms with van der Waals surface area (Å²) in [6.45, 7) is 7.00. The highest BCUT2D eigenvalue weighted by Gasteiger charge is 2.31. The third-order valence-corrected chi connectivity index (χ3v) is 7.86. The van der Waals surface area contributed by atoms with Crippen LogP contribution in [0.4, 0.5) is 11.6 Å². The Kier molecular flexibility index (Phi) is 7.48. The van der Waals surface area contributed by atoms with E-state index in [9.17, 15) is 8.42 Å². The molecule has 2 aromatic rings. The van der Waals surface area contributed by atoms with Crippen LogP contribution < -0.4 is 15.4 Å². The fourth-order valence-corrected chi connectivity index (χ4v) is 5.15. The molecule has 9 heteroatoms. The molecule has 1 aromatic heterocycles. The van der Waals surface area contributed by atoms with Crippen molar-refractivity contribution in [2.24, 2.45) is 11.3 Å². The molecule has 3 N–H and O–H groups in total. The second-order valence-electron chi connectivity index (χ2n) is 8.69. The molecule has 1 heterocycles. The molecule has 7 nitrogen and oxygen atoms in total. The summed E-state index contributed by atoms with van der Waals surface area (Å²) >= 11 is 5.47. The van der Waals surface area contributed by atoms with E-state index in [1.54, 1.807) is 18.2 Å². The molecule has 168 valence electrons. The van der Waals surface area contributed by atoms with E-state index in [1.807, 2.05) is 0 Å². The molecular weight excluding hydrogens is 430 g/mol. The van der Waals surface area contributed by atoms with Crippen LogP contribution in [0.15, 0.2) is 47.6 Å². The zero-order valence-electron chi connectivity index (χ0n) is 18.3. The molecule has 1 saturated carbocycles. The van der Waals surface area contributed by atoms with Crippen LogP contribution in [0.1, 0.15) is 52.9 Å². The zero-order valence-corrected chi connectivity index (χ0v) is 19.9. The predicted octanol–water partition coefficient (Wildman–Crippen LogP) is 4.56. The van der Waals surface area contributed by atoms with E-state index in [4.69, 9.17) is 12.2 Å². The largest absolute Gasteiger partial charge is 0.360 e. The SMILES string of the molecule is CCC(C)(C)C1CCC(NC(=S)Nc2ccc(S(=O)(=O)Nc3ncccn3)cc2)CC1. The number of rotatable bonds is 7. The van der Waals surface area contributed by atoms with Crippen molar-refractivity contribution in [3.05, 3.63) is 42.7 Å². The van der Waals surface area contributed by atoms with E-state index in [0.29, 0.717) is 16.6 Å². The molecule has 1 aromatic carbocycles. The number of benzene rings is 1. The minimum Gasteiger partial charge on any atom is -0.360 e. The number of anilines is 2. The standard InChI is InChI=1S/C22H31N5O2S2/c1-4-22(2,3)16-6-8-17(9-7-16)25-21(30)26-18-10-12-19(13-11-18)31(28,29)27-20-23-14-5-15-24-20/h5,10-17H,4,6-9H2,1-3H3,(H,23,24,27)(H2,25,26,30). The lowest BCUT2D eigenvalue weighted by Crippen LogP contribution is -2.41. The van der Waals surface area contributed by atoms with Crippen LogP contribution in [0, 0.1) is 11.3 Å². The van der Waals surface area contributed by atoms with Crippen molar-refractivity contribution in [3.8, 4) is 0 Å². The van der Waals surface area contributed by atoms with Gasteiger partial charge in [0, 0.05) is 24.1 Å². The van der Waals surface area contributed by atoms with Crippen LogP contribution in [-0.4, -0.2) is 29.5 Å². The average Bonchev–Trinajstić information content (AvgIpc) is 2.75. The van der Waals surface area contributed by atoms with Crippen LogP contribution in [0.2, 0.25) is 0 Å². The van der Waals surface area contributed by atoms with Gasteiger partial charge in [0.15, 0.2) is 5.11 Å². The fraction of sp³-hybridized carbons (Fsp3) is 0.500. The lowest BCUT2D eigenvalue weighted by Gasteiger charge is -2.39. The van der Waals surface area contributed by atoms with Gasteiger partial charge in [-0.25, -0.2) is 23.1 Å². The molecule has 0 atom stereocenters. The van der Waals surface area contributed by atoms with Crippen molar-refractivity contribution in [1.29, 1.82) is 0 Å². The Morgan fingerprint density at radius 2 is 1.71 bits per heavy atom. The molecule has 0 radical (unpaired) electrons. The smallest absolute Gasteiger partial charge is 0.264 e. The van der Waals surface area contributed by atoms with E-state index < -0.39 is 10.0 Å². The van der Waals surface area contributed by atoms with Gasteiger partial charge < -0.3 is 10.6 Å². The van der Waals surface area contributed by atoms with E-state index in [1.165, 1.54) is 43.8 Å². The predicted molar refractivity (Wildman–Crippen MR) is 128 cm³/mol. The monoisotopic (exact) mass is 461 g/mol. The summed E-state index contributed by atoms with van der Waals surface area (Å²) in [5, 5.41) is 7.12. The molecule has 1 aliphatic carbocycles. The number of aromatic nitrogens is 2. The number of hydrogen-bond acceptors (Lipinski definition) is 5. The maximum Gasteiger partial charge on any atom is 0.264 e. The maximum absolute atomic E-state index is 12.5. The summed E-state index contributed by atoms with van der Waals surface area (Å²) < 4.78 is 27.3. The molecule has 31 heavy (non-hydrogen) atoms. The van der Waals surface area contributed by atoms with Crippen LogP contribution in [0.5, 0.6) is 0 Å². The van der Waals surface area contributed by atoms with Gasteiger partial charge in [-0.15, -0.1) is 0 Å². The molecule has 1 aliphatic rings. The van der Waals surface area contributed by atoms with E-state index >= 15 is 0 Å². The molecule has 0 bridgehead atoms. The number of sulfonamides is 1. The van der Waals surface area contributed by atoms with Gasteiger partial charge >= 0.3 is 0 Å². The Hall–Kier alpha value is -2.26. The summed E-state index contributed by atoms with van der Waals surface area (Å²) in [5.41, 5.74) is 1.13. The highest BCUT2D eigenvalue weighted by atomic mass is 32.2. The highest BCUT2D eigenvalue weighted by Crippen LogP contribution is 2.40. The Morgan fingerprint density at radius 3 is 2.29 bits per heavy atom.